The molecule has 17 heavy (non-hydrogen) atoms. The Labute approximate surface area is 99.5 Å². The van der Waals surface area contributed by atoms with Gasteiger partial charge in [-0.3, -0.25) is 4.72 Å². The van der Waals surface area contributed by atoms with Gasteiger partial charge in [0.15, 0.2) is 0 Å². The van der Waals surface area contributed by atoms with Gasteiger partial charge in [0.25, 0.3) is 0 Å². The molecule has 0 aliphatic rings. The van der Waals surface area contributed by atoms with Crippen molar-refractivity contribution in [2.24, 2.45) is 0 Å². The third kappa shape index (κ3) is 4.85. The van der Waals surface area contributed by atoms with Gasteiger partial charge in [-0.15, -0.1) is 0 Å². The molecule has 0 saturated heterocycles. The van der Waals surface area contributed by atoms with Crippen LogP contribution in [0.15, 0.2) is 18.2 Å². The second-order valence-electron chi connectivity index (χ2n) is 3.34. The predicted octanol–water partition coefficient (Wildman–Crippen LogP) is 0.931. The maximum absolute atomic E-state index is 13.3. The number of anilines is 1. The van der Waals surface area contributed by atoms with Gasteiger partial charge < -0.3 is 5.11 Å². The Balaban J connectivity index is 3.00. The summed E-state index contributed by atoms with van der Waals surface area (Å²) in [6.45, 7) is -0.101. The van der Waals surface area contributed by atoms with Crippen molar-refractivity contribution in [3.05, 3.63) is 29.6 Å². The molecule has 0 unspecified atom stereocenters. The fourth-order valence-corrected chi connectivity index (χ4v) is 1.67. The van der Waals surface area contributed by atoms with Crippen LogP contribution in [0.1, 0.15) is 12.0 Å². The summed E-state index contributed by atoms with van der Waals surface area (Å²) in [5.74, 6) is 4.55. The van der Waals surface area contributed by atoms with Crippen molar-refractivity contribution in [2.75, 3.05) is 17.6 Å². The third-order valence-corrected chi connectivity index (χ3v) is 2.34. The molecule has 4 nitrogen and oxygen atoms in total. The van der Waals surface area contributed by atoms with E-state index < -0.39 is 15.8 Å². The Kier molecular flexibility index (Phi) is 4.49. The Bertz CT molecular complexity index is 558. The molecule has 0 bridgehead atoms. The van der Waals surface area contributed by atoms with Gasteiger partial charge in [-0.2, -0.15) is 0 Å². The molecule has 0 fully saturated rings. The van der Waals surface area contributed by atoms with Crippen molar-refractivity contribution in [1.82, 2.24) is 0 Å². The molecule has 0 aliphatic heterocycles. The minimum absolute atomic E-state index is 0.0899. The van der Waals surface area contributed by atoms with Gasteiger partial charge in [0.1, 0.15) is 5.82 Å². The van der Waals surface area contributed by atoms with Gasteiger partial charge in [-0.1, -0.05) is 11.8 Å². The van der Waals surface area contributed by atoms with Crippen LogP contribution < -0.4 is 4.72 Å². The van der Waals surface area contributed by atoms with Crippen LogP contribution in [0.3, 0.4) is 0 Å². The molecule has 1 rings (SSSR count). The smallest absolute Gasteiger partial charge is 0.229 e. The highest BCUT2D eigenvalue weighted by Crippen LogP contribution is 2.14. The number of hydrogen-bond acceptors (Lipinski definition) is 3. The molecule has 0 atom stereocenters. The number of aliphatic hydroxyl groups is 1. The zero-order valence-corrected chi connectivity index (χ0v) is 10.0. The molecule has 1 aromatic carbocycles. The minimum atomic E-state index is -3.39. The lowest BCUT2D eigenvalue weighted by molar-refractivity contribution is 0.305. The van der Waals surface area contributed by atoms with Crippen LogP contribution in [0.25, 0.3) is 0 Å². The molecule has 0 saturated carbocycles. The Morgan fingerprint density at radius 3 is 2.76 bits per heavy atom. The average Bonchev–Trinajstić information content (AvgIpc) is 2.21. The van der Waals surface area contributed by atoms with Crippen LogP contribution in [0, 0.1) is 17.7 Å². The van der Waals surface area contributed by atoms with Gasteiger partial charge in [0.2, 0.25) is 10.0 Å². The molecule has 6 heteroatoms. The first-order valence-corrected chi connectivity index (χ1v) is 6.68. The lowest BCUT2D eigenvalue weighted by Gasteiger charge is -2.04. The van der Waals surface area contributed by atoms with E-state index in [1.165, 1.54) is 12.1 Å². The Hall–Kier alpha value is -1.58. The van der Waals surface area contributed by atoms with Crippen LogP contribution in [0.2, 0.25) is 0 Å². The normalized spacial score (nSPS) is 10.5. The zero-order valence-electron chi connectivity index (χ0n) is 9.20. The summed E-state index contributed by atoms with van der Waals surface area (Å²) >= 11 is 0. The van der Waals surface area contributed by atoms with Gasteiger partial charge in [0, 0.05) is 12.1 Å². The third-order valence-electron chi connectivity index (χ3n) is 1.73. The number of benzene rings is 1. The van der Waals surface area contributed by atoms with Crippen LogP contribution >= 0.6 is 0 Å². The van der Waals surface area contributed by atoms with E-state index in [4.69, 9.17) is 5.11 Å². The summed E-state index contributed by atoms with van der Waals surface area (Å²) in [6, 6.07) is 3.75. The molecular formula is C11H12FNO3S. The van der Waals surface area contributed by atoms with E-state index in [-0.39, 0.29) is 24.3 Å². The number of nitrogens with one attached hydrogen (secondary N) is 1. The fourth-order valence-electron chi connectivity index (χ4n) is 1.11. The fraction of sp³-hybridized carbons (Fsp3) is 0.273. The van der Waals surface area contributed by atoms with Crippen LogP contribution in [-0.4, -0.2) is 26.4 Å². The van der Waals surface area contributed by atoms with Crippen molar-refractivity contribution >= 4 is 15.7 Å². The van der Waals surface area contributed by atoms with E-state index in [1.807, 2.05) is 0 Å². The lowest BCUT2D eigenvalue weighted by Crippen LogP contribution is -2.09. The summed E-state index contributed by atoms with van der Waals surface area (Å²) in [7, 11) is -3.39. The van der Waals surface area contributed by atoms with E-state index in [0.717, 1.165) is 12.3 Å². The van der Waals surface area contributed by atoms with Crippen LogP contribution in [0.4, 0.5) is 10.1 Å². The van der Waals surface area contributed by atoms with E-state index >= 15 is 0 Å². The van der Waals surface area contributed by atoms with E-state index in [9.17, 15) is 12.8 Å². The van der Waals surface area contributed by atoms with Crippen molar-refractivity contribution in [2.45, 2.75) is 6.42 Å². The van der Waals surface area contributed by atoms with Crippen molar-refractivity contribution in [1.29, 1.82) is 0 Å². The van der Waals surface area contributed by atoms with Gasteiger partial charge in [-0.05, 0) is 18.2 Å². The summed E-state index contributed by atoms with van der Waals surface area (Å²) in [5, 5.41) is 8.53. The highest BCUT2D eigenvalue weighted by molar-refractivity contribution is 7.92. The molecule has 0 aromatic heterocycles. The first kappa shape index (κ1) is 13.5. The van der Waals surface area contributed by atoms with Crippen LogP contribution in [0.5, 0.6) is 0 Å². The topological polar surface area (TPSA) is 66.4 Å². The Morgan fingerprint density at radius 1 is 1.47 bits per heavy atom. The number of halogens is 1. The summed E-state index contributed by atoms with van der Waals surface area (Å²) in [5.41, 5.74) is 0.342. The Morgan fingerprint density at radius 2 is 2.18 bits per heavy atom. The molecular weight excluding hydrogens is 245 g/mol. The first-order chi connectivity index (χ1) is 7.92. The van der Waals surface area contributed by atoms with Crippen molar-refractivity contribution in [3.63, 3.8) is 0 Å². The second kappa shape index (κ2) is 5.66. The highest BCUT2D eigenvalue weighted by Gasteiger charge is 2.05. The standard InChI is InChI=1S/C11H12FNO3S/c1-17(15,16)13-10-5-6-11(12)9(8-10)4-2-3-7-14/h5-6,8,13-14H,3,7H2,1H3. The molecule has 1 aromatic rings. The summed E-state index contributed by atoms with van der Waals surface area (Å²) < 4.78 is 37.5. The number of sulfonamides is 1. The highest BCUT2D eigenvalue weighted by atomic mass is 32.2. The maximum Gasteiger partial charge on any atom is 0.229 e. The monoisotopic (exact) mass is 257 g/mol. The second-order valence-corrected chi connectivity index (χ2v) is 5.09. The summed E-state index contributed by atoms with van der Waals surface area (Å²) in [6.07, 6.45) is 1.25. The SMILES string of the molecule is CS(=O)(=O)Nc1ccc(F)c(C#CCCO)c1. The largest absolute Gasteiger partial charge is 0.395 e. The lowest BCUT2D eigenvalue weighted by atomic mass is 10.2. The predicted molar refractivity (Wildman–Crippen MR) is 63.4 cm³/mol. The van der Waals surface area contributed by atoms with Crippen molar-refractivity contribution < 1.29 is 17.9 Å². The quantitative estimate of drug-likeness (QED) is 0.792. The van der Waals surface area contributed by atoms with Crippen molar-refractivity contribution in [3.8, 4) is 11.8 Å². The number of rotatable bonds is 3. The summed E-state index contributed by atoms with van der Waals surface area (Å²) in [4.78, 5) is 0. The van der Waals surface area contributed by atoms with E-state index in [2.05, 4.69) is 16.6 Å². The molecule has 92 valence electrons. The maximum atomic E-state index is 13.3. The van der Waals surface area contributed by atoms with Gasteiger partial charge >= 0.3 is 0 Å². The minimum Gasteiger partial charge on any atom is -0.395 e. The van der Waals surface area contributed by atoms with Gasteiger partial charge in [-0.25, -0.2) is 12.8 Å². The van der Waals surface area contributed by atoms with E-state index in [1.54, 1.807) is 0 Å². The molecule has 0 heterocycles. The molecule has 2 N–H and O–H groups in total. The molecule has 0 amide bonds. The molecule has 0 spiro atoms. The number of aliphatic hydroxyl groups excluding tert-OH is 1. The molecule has 0 aliphatic carbocycles. The van der Waals surface area contributed by atoms with E-state index in [0.29, 0.717) is 0 Å². The zero-order chi connectivity index (χ0) is 12.9. The first-order valence-electron chi connectivity index (χ1n) is 4.79. The average molecular weight is 257 g/mol. The van der Waals surface area contributed by atoms with Gasteiger partial charge in [0.05, 0.1) is 18.4 Å². The van der Waals surface area contributed by atoms with Crippen LogP contribution in [-0.2, 0) is 10.0 Å². The molecule has 0 radical (unpaired) electrons. The number of hydrogen-bond donors (Lipinski definition) is 2.